The van der Waals surface area contributed by atoms with Crippen LogP contribution in [0.5, 0.6) is 0 Å². The molecule has 1 aromatic carbocycles. The van der Waals surface area contributed by atoms with E-state index in [4.69, 9.17) is 14.8 Å². The molecule has 0 spiro atoms. The summed E-state index contributed by atoms with van der Waals surface area (Å²) >= 11 is 0. The van der Waals surface area contributed by atoms with Gasteiger partial charge in [-0.15, -0.1) is 10.2 Å². The second-order valence-corrected chi connectivity index (χ2v) is 15.5. The molecular formula is C39H43N11O4. The molecule has 278 valence electrons. The molecule has 2 aliphatic carbocycles. The molecule has 0 bridgehead atoms. The molecule has 10 rings (SSSR count). The van der Waals surface area contributed by atoms with Gasteiger partial charge in [-0.1, -0.05) is 25.1 Å². The number of pyridine rings is 1. The van der Waals surface area contributed by atoms with Crippen molar-refractivity contribution in [3.05, 3.63) is 71.4 Å². The van der Waals surface area contributed by atoms with Crippen molar-refractivity contribution < 1.29 is 19.1 Å². The second kappa shape index (κ2) is 12.9. The first-order chi connectivity index (χ1) is 26.3. The van der Waals surface area contributed by atoms with Crippen LogP contribution in [0.3, 0.4) is 0 Å². The summed E-state index contributed by atoms with van der Waals surface area (Å²) in [5, 5.41) is 22.9. The van der Waals surface area contributed by atoms with E-state index in [0.29, 0.717) is 36.9 Å². The number of morpholine rings is 1. The Kier molecular flexibility index (Phi) is 7.91. The third-order valence-electron chi connectivity index (χ3n) is 11.7. The van der Waals surface area contributed by atoms with Crippen molar-refractivity contribution >= 4 is 40.6 Å². The third kappa shape index (κ3) is 5.77. The predicted molar refractivity (Wildman–Crippen MR) is 199 cm³/mol. The highest BCUT2D eigenvalue weighted by Crippen LogP contribution is 2.50. The molecule has 2 saturated carbocycles. The predicted octanol–water partition coefficient (Wildman–Crippen LogP) is 3.90. The molecule has 3 amide bonds. The van der Waals surface area contributed by atoms with Gasteiger partial charge in [0.15, 0.2) is 11.5 Å². The Hall–Kier alpha value is -5.41. The summed E-state index contributed by atoms with van der Waals surface area (Å²) in [7, 11) is 2.11. The number of para-hydroxylation sites is 1. The zero-order valence-electron chi connectivity index (χ0n) is 30.4. The molecule has 4 aromatic rings. The zero-order valence-corrected chi connectivity index (χ0v) is 30.4. The van der Waals surface area contributed by atoms with E-state index >= 15 is 0 Å². The van der Waals surface area contributed by atoms with Gasteiger partial charge in [-0.25, -0.2) is 4.98 Å². The first kappa shape index (κ1) is 33.2. The molecule has 54 heavy (non-hydrogen) atoms. The minimum absolute atomic E-state index is 0.00682. The number of likely N-dealkylation sites (tertiary alicyclic amines) is 2. The Morgan fingerprint density at radius 2 is 1.80 bits per heavy atom. The van der Waals surface area contributed by atoms with E-state index in [2.05, 4.69) is 60.7 Å². The SMILES string of the molecule is CC[C@@H]1c2c(cnn2C2CN(Cc3cccc(C(=O)N4CC5OC[C@@H]54)n3)C2)-c2cccc(Nc3cc(NC(=O)C4CC4)nnc3C(=O)NC3CC3)c2N1C. The third-order valence-corrected chi connectivity index (χ3v) is 11.7. The van der Waals surface area contributed by atoms with Crippen molar-refractivity contribution in [2.75, 3.05) is 48.8 Å². The van der Waals surface area contributed by atoms with E-state index in [1.807, 2.05) is 35.4 Å². The Balaban J connectivity index is 0.887. The first-order valence-corrected chi connectivity index (χ1v) is 19.1. The van der Waals surface area contributed by atoms with Crippen molar-refractivity contribution in [2.24, 2.45) is 5.92 Å². The topological polar surface area (TPSA) is 163 Å². The van der Waals surface area contributed by atoms with Crippen LogP contribution in [0.4, 0.5) is 22.9 Å². The molecule has 3 atom stereocenters. The zero-order chi connectivity index (χ0) is 36.7. The van der Waals surface area contributed by atoms with Crippen LogP contribution >= 0.6 is 0 Å². The average molecular weight is 730 g/mol. The van der Waals surface area contributed by atoms with E-state index in [-0.39, 0.29) is 59.6 Å². The number of hydrogen-bond donors (Lipinski definition) is 3. The highest BCUT2D eigenvalue weighted by molar-refractivity contribution is 6.01. The van der Waals surface area contributed by atoms with Crippen molar-refractivity contribution in [1.29, 1.82) is 0 Å². The number of aromatic nitrogens is 5. The van der Waals surface area contributed by atoms with Gasteiger partial charge in [0, 0.05) is 62.4 Å². The van der Waals surface area contributed by atoms with Crippen LogP contribution in [0.15, 0.2) is 48.7 Å². The highest BCUT2D eigenvalue weighted by Gasteiger charge is 2.50. The fourth-order valence-corrected chi connectivity index (χ4v) is 8.26. The van der Waals surface area contributed by atoms with Crippen LogP contribution in [0.25, 0.3) is 11.1 Å². The number of anilines is 4. The van der Waals surface area contributed by atoms with Crippen LogP contribution < -0.4 is 20.9 Å². The molecule has 3 N–H and O–H groups in total. The number of amides is 3. The molecule has 7 heterocycles. The molecule has 6 aliphatic rings. The van der Waals surface area contributed by atoms with Gasteiger partial charge < -0.3 is 30.5 Å². The van der Waals surface area contributed by atoms with Gasteiger partial charge in [-0.05, 0) is 50.3 Å². The van der Waals surface area contributed by atoms with Gasteiger partial charge >= 0.3 is 0 Å². The molecule has 15 heteroatoms. The standard InChI is InChI=1S/C39H43N11O4/c1-3-30-36-26(15-40-50(36)24-17-48(18-24)16-23-6-4-9-28(41-23)39(53)49-19-32-31(49)20-54-32)25-7-5-8-27(35(25)47(30)2)43-29-14-33(44-37(51)21-10-11-21)45-46-34(29)38(52)42-22-12-13-22/h4-9,14-15,21-22,24,30-32H,3,10-13,16-20H2,1-2H3,(H,42,52)(H2,43,44,45,51)/t30-,31+,32?/m1/s1. The number of nitrogens with one attached hydrogen (secondary N) is 3. The minimum Gasteiger partial charge on any atom is -0.372 e. The molecular weight excluding hydrogens is 687 g/mol. The summed E-state index contributed by atoms with van der Waals surface area (Å²) in [6.45, 7) is 5.79. The van der Waals surface area contributed by atoms with Crippen LogP contribution in [-0.4, -0.2) is 104 Å². The van der Waals surface area contributed by atoms with Gasteiger partial charge in [-0.3, -0.25) is 24.0 Å². The number of ether oxygens (including phenoxy) is 1. The van der Waals surface area contributed by atoms with E-state index in [9.17, 15) is 14.4 Å². The van der Waals surface area contributed by atoms with Crippen molar-refractivity contribution in [2.45, 2.75) is 75.8 Å². The number of rotatable bonds is 11. The van der Waals surface area contributed by atoms with Crippen LogP contribution in [-0.2, 0) is 16.1 Å². The number of benzene rings is 1. The molecule has 4 aliphatic heterocycles. The van der Waals surface area contributed by atoms with E-state index < -0.39 is 0 Å². The summed E-state index contributed by atoms with van der Waals surface area (Å²) in [4.78, 5) is 50.2. The highest BCUT2D eigenvalue weighted by atomic mass is 16.5. The van der Waals surface area contributed by atoms with Crippen molar-refractivity contribution in [1.82, 2.24) is 40.1 Å². The lowest BCUT2D eigenvalue weighted by atomic mass is 9.91. The summed E-state index contributed by atoms with van der Waals surface area (Å²) in [5.41, 5.74) is 7.19. The van der Waals surface area contributed by atoms with Crippen LogP contribution in [0, 0.1) is 5.92 Å². The quantitative estimate of drug-likeness (QED) is 0.205. The average Bonchev–Trinajstić information content (AvgIpc) is 4.09. The lowest BCUT2D eigenvalue weighted by Crippen LogP contribution is -2.71. The number of carbonyl (C=O) groups excluding carboxylic acids is 3. The smallest absolute Gasteiger partial charge is 0.274 e. The molecule has 0 radical (unpaired) electrons. The molecule has 5 fully saturated rings. The first-order valence-electron chi connectivity index (χ1n) is 19.1. The minimum atomic E-state index is -0.291. The monoisotopic (exact) mass is 729 g/mol. The Morgan fingerprint density at radius 3 is 2.52 bits per heavy atom. The summed E-state index contributed by atoms with van der Waals surface area (Å²) in [5.74, 6) is -0.0625. The normalized spacial score (nSPS) is 22.9. The molecule has 1 unspecified atom stereocenters. The summed E-state index contributed by atoms with van der Waals surface area (Å²) in [6, 6.07) is 14.2. The number of hydrogen-bond acceptors (Lipinski definition) is 11. The lowest BCUT2D eigenvalue weighted by molar-refractivity contribution is -0.195. The fraction of sp³-hybridized carbons (Fsp3) is 0.462. The van der Waals surface area contributed by atoms with Gasteiger partial charge in [-0.2, -0.15) is 5.10 Å². The summed E-state index contributed by atoms with van der Waals surface area (Å²) < 4.78 is 7.67. The largest absolute Gasteiger partial charge is 0.372 e. The van der Waals surface area contributed by atoms with Gasteiger partial charge in [0.2, 0.25) is 5.91 Å². The van der Waals surface area contributed by atoms with Crippen molar-refractivity contribution in [3.8, 4) is 11.1 Å². The van der Waals surface area contributed by atoms with E-state index in [0.717, 1.165) is 73.4 Å². The number of nitrogens with zero attached hydrogens (tertiary/aromatic N) is 8. The van der Waals surface area contributed by atoms with E-state index in [1.165, 1.54) is 5.69 Å². The maximum Gasteiger partial charge on any atom is 0.274 e. The molecule has 3 aromatic heterocycles. The number of carbonyl (C=O) groups is 3. The number of fused-ring (bicyclic) bond motifs is 4. The second-order valence-electron chi connectivity index (χ2n) is 15.5. The fourth-order valence-electron chi connectivity index (χ4n) is 8.26. The van der Waals surface area contributed by atoms with Gasteiger partial charge in [0.05, 0.1) is 65.5 Å². The van der Waals surface area contributed by atoms with Gasteiger partial charge in [0.25, 0.3) is 11.8 Å². The van der Waals surface area contributed by atoms with Gasteiger partial charge in [0.1, 0.15) is 5.69 Å². The van der Waals surface area contributed by atoms with E-state index in [1.54, 1.807) is 12.1 Å². The Bertz CT molecular complexity index is 2170. The Morgan fingerprint density at radius 1 is 0.963 bits per heavy atom. The maximum absolute atomic E-state index is 13.3. The van der Waals surface area contributed by atoms with Crippen LogP contribution in [0.2, 0.25) is 0 Å². The molecule has 15 nitrogen and oxygen atoms in total. The lowest BCUT2D eigenvalue weighted by Gasteiger charge is -2.54. The molecule has 3 saturated heterocycles. The summed E-state index contributed by atoms with van der Waals surface area (Å²) in [6.07, 6.45) is 6.68. The Labute approximate surface area is 312 Å². The van der Waals surface area contributed by atoms with Crippen molar-refractivity contribution in [3.63, 3.8) is 0 Å². The maximum atomic E-state index is 13.3. The van der Waals surface area contributed by atoms with Crippen LogP contribution in [0.1, 0.15) is 83.5 Å².